The Balaban J connectivity index is 1.72. The van der Waals surface area contributed by atoms with Gasteiger partial charge < -0.3 is 23.5 Å². The maximum absolute atomic E-state index is 13.2. The Bertz CT molecular complexity index is 2060. The van der Waals surface area contributed by atoms with Gasteiger partial charge in [0.2, 0.25) is 15.4 Å². The number of nitrogens with zero attached hydrogens (tertiary/aromatic N) is 2. The van der Waals surface area contributed by atoms with Crippen LogP contribution >= 0.6 is 0 Å². The molecular weight excluding hydrogens is 683 g/mol. The number of ether oxygens (including phenoxy) is 3. The van der Waals surface area contributed by atoms with Crippen LogP contribution in [-0.4, -0.2) is 93.8 Å². The van der Waals surface area contributed by atoms with Crippen molar-refractivity contribution >= 4 is 36.8 Å². The number of sulfonamides is 1. The molecule has 0 spiro atoms. The zero-order valence-corrected chi connectivity index (χ0v) is 30.6. The van der Waals surface area contributed by atoms with Gasteiger partial charge >= 0.3 is 0 Å². The summed E-state index contributed by atoms with van der Waals surface area (Å²) in [4.78, 5) is 1.29. The first kappa shape index (κ1) is 39.0. The maximum atomic E-state index is 13.2. The van der Waals surface area contributed by atoms with Crippen LogP contribution in [0.5, 0.6) is 0 Å². The first-order chi connectivity index (χ1) is 24.0. The zero-order chi connectivity index (χ0) is 36.3. The van der Waals surface area contributed by atoms with Crippen LogP contribution in [-0.2, 0) is 34.4 Å². The Morgan fingerprint density at radius 3 is 2.14 bits per heavy atom. The van der Waals surface area contributed by atoms with E-state index in [0.717, 1.165) is 43.3 Å². The van der Waals surface area contributed by atoms with Gasteiger partial charge in [-0.1, -0.05) is 12.0 Å². The van der Waals surface area contributed by atoms with Crippen LogP contribution in [0.15, 0.2) is 68.8 Å². The van der Waals surface area contributed by atoms with Crippen molar-refractivity contribution in [1.82, 2.24) is 9.30 Å². The molecular formula is C36H46N3O9S2+. The first-order valence-corrected chi connectivity index (χ1v) is 19.5. The van der Waals surface area contributed by atoms with Gasteiger partial charge in [-0.2, -0.15) is 8.42 Å². The first-order valence-electron chi connectivity index (χ1n) is 16.6. The summed E-state index contributed by atoms with van der Waals surface area (Å²) in [6, 6.07) is 15.1. The van der Waals surface area contributed by atoms with E-state index in [2.05, 4.69) is 47.8 Å². The Labute approximate surface area is 294 Å². The van der Waals surface area contributed by atoms with E-state index in [9.17, 15) is 21.4 Å². The van der Waals surface area contributed by atoms with E-state index >= 15 is 0 Å². The largest absolute Gasteiger partial charge is 0.456 e. The maximum Gasteiger partial charge on any atom is 0.295 e. The molecule has 14 heteroatoms. The normalized spacial score (nSPS) is 12.0. The van der Waals surface area contributed by atoms with E-state index in [1.165, 1.54) is 12.1 Å². The summed E-state index contributed by atoms with van der Waals surface area (Å²) in [5.41, 5.74) is 2.67. The van der Waals surface area contributed by atoms with Crippen LogP contribution in [0.2, 0.25) is 0 Å². The summed E-state index contributed by atoms with van der Waals surface area (Å²) >= 11 is 0. The van der Waals surface area contributed by atoms with Gasteiger partial charge in [0.05, 0.1) is 44.0 Å². The van der Waals surface area contributed by atoms with Crippen LogP contribution in [0.4, 0.5) is 5.69 Å². The van der Waals surface area contributed by atoms with Gasteiger partial charge in [0.15, 0.2) is 0 Å². The quantitative estimate of drug-likeness (QED) is 0.0476. The zero-order valence-electron chi connectivity index (χ0n) is 29.0. The van der Waals surface area contributed by atoms with Gasteiger partial charge in [0.1, 0.15) is 35.9 Å². The van der Waals surface area contributed by atoms with Crippen molar-refractivity contribution in [1.29, 1.82) is 0 Å². The van der Waals surface area contributed by atoms with E-state index in [1.807, 2.05) is 36.4 Å². The van der Waals surface area contributed by atoms with Gasteiger partial charge in [0, 0.05) is 59.5 Å². The molecule has 2 aromatic carbocycles. The lowest BCUT2D eigenvalue weighted by Crippen LogP contribution is -2.29. The van der Waals surface area contributed by atoms with Crippen molar-refractivity contribution in [3.63, 3.8) is 0 Å². The lowest BCUT2D eigenvalue weighted by atomic mass is 9.93. The molecule has 270 valence electrons. The van der Waals surface area contributed by atoms with E-state index in [4.69, 9.17) is 25.1 Å². The minimum Gasteiger partial charge on any atom is -0.456 e. The molecule has 0 aromatic heterocycles. The number of hydrogen-bond acceptors (Lipinski definition) is 9. The molecule has 2 N–H and O–H groups in total. The monoisotopic (exact) mass is 728 g/mol. The second kappa shape index (κ2) is 17.9. The number of anilines is 1. The molecule has 2 aliphatic rings. The summed E-state index contributed by atoms with van der Waals surface area (Å²) in [5.74, 6) is 2.87. The van der Waals surface area contributed by atoms with Crippen molar-refractivity contribution < 1.29 is 40.0 Å². The van der Waals surface area contributed by atoms with Crippen LogP contribution < -0.4 is 19.6 Å². The second-order valence-corrected chi connectivity index (χ2v) is 14.4. The summed E-state index contributed by atoms with van der Waals surface area (Å²) in [6.45, 7) is 12.7. The highest BCUT2D eigenvalue weighted by molar-refractivity contribution is 7.89. The molecule has 0 fully saturated rings. The number of fused-ring (bicyclic) bond motifs is 2. The number of hydrogen-bond donors (Lipinski definition) is 2. The minimum absolute atomic E-state index is 0.0515. The number of rotatable bonds is 19. The summed E-state index contributed by atoms with van der Waals surface area (Å²) in [5, 5.41) is 1.53. The van der Waals surface area contributed by atoms with Crippen LogP contribution in [0.1, 0.15) is 27.7 Å². The molecule has 0 bridgehead atoms. The SMILES string of the molecule is C#CCOCCOCCOCCNS(=O)(=O)c1ccc(-c2c3ccc(=[N+](CC)CC)cc-3oc3cc(N(CC)CC)ccc23)c(S(=O)(=O)O)c1. The molecule has 2 aromatic rings. The van der Waals surface area contributed by atoms with Crippen LogP contribution in [0.3, 0.4) is 0 Å². The van der Waals surface area contributed by atoms with Gasteiger partial charge in [-0.25, -0.2) is 17.7 Å². The van der Waals surface area contributed by atoms with Crippen molar-refractivity contribution in [2.45, 2.75) is 37.5 Å². The molecule has 0 atom stereocenters. The third-order valence-corrected chi connectivity index (χ3v) is 10.6. The Kier molecular flexibility index (Phi) is 14.0. The second-order valence-electron chi connectivity index (χ2n) is 11.2. The van der Waals surface area contributed by atoms with Crippen molar-refractivity contribution in [2.24, 2.45) is 0 Å². The fourth-order valence-corrected chi connectivity index (χ4v) is 7.56. The average molecular weight is 729 g/mol. The summed E-state index contributed by atoms with van der Waals surface area (Å²) in [6.07, 6.45) is 5.11. The lowest BCUT2D eigenvalue weighted by molar-refractivity contribution is 0.0215. The third-order valence-electron chi connectivity index (χ3n) is 8.22. The van der Waals surface area contributed by atoms with E-state index < -0.39 is 25.0 Å². The average Bonchev–Trinajstić information content (AvgIpc) is 3.10. The highest BCUT2D eigenvalue weighted by Crippen LogP contribution is 2.43. The number of benzene rings is 3. The number of nitrogens with one attached hydrogen (secondary N) is 1. The van der Waals surface area contributed by atoms with Crippen molar-refractivity contribution in [3.8, 4) is 34.8 Å². The van der Waals surface area contributed by atoms with E-state index in [0.29, 0.717) is 41.1 Å². The summed E-state index contributed by atoms with van der Waals surface area (Å²) in [7, 11) is -9.08. The van der Waals surface area contributed by atoms with Gasteiger partial charge in [-0.3, -0.25) is 4.55 Å². The summed E-state index contributed by atoms with van der Waals surface area (Å²) < 4.78 is 89.8. The van der Waals surface area contributed by atoms with E-state index in [1.54, 1.807) is 0 Å². The molecule has 50 heavy (non-hydrogen) atoms. The van der Waals surface area contributed by atoms with Gasteiger partial charge in [0.25, 0.3) is 10.1 Å². The highest BCUT2D eigenvalue weighted by atomic mass is 32.2. The fraction of sp³-hybridized carbons (Fsp3) is 0.417. The molecule has 1 aliphatic carbocycles. The minimum atomic E-state index is -4.90. The van der Waals surface area contributed by atoms with Crippen LogP contribution in [0.25, 0.3) is 33.4 Å². The molecule has 4 rings (SSSR count). The standard InChI is InChI=1S/C36H45N3O9S2/c1-6-18-45-20-22-47-23-21-46-19-17-37-49(40,41)29-13-16-32(35(26-29)50(42,43)44)36-30-14-11-27(38(7-2)8-3)24-33(30)48-34-25-28(12-15-31(34)36)39(9-4)10-5/h1,11-16,24-26,37H,7-10,17-23H2,2-5H3/p+1. The van der Waals surface area contributed by atoms with E-state index in [-0.39, 0.29) is 43.4 Å². The molecule has 0 unspecified atom stereocenters. The topological polar surface area (TPSA) is 148 Å². The Hall–Kier alpha value is -3.81. The molecule has 0 radical (unpaired) electrons. The predicted octanol–water partition coefficient (Wildman–Crippen LogP) is 4.07. The third kappa shape index (κ3) is 9.49. The smallest absolute Gasteiger partial charge is 0.295 e. The molecule has 0 saturated carbocycles. The Morgan fingerprint density at radius 2 is 1.50 bits per heavy atom. The van der Waals surface area contributed by atoms with Gasteiger partial charge in [-0.05, 0) is 58.0 Å². The molecule has 1 heterocycles. The van der Waals surface area contributed by atoms with Crippen molar-refractivity contribution in [2.75, 3.05) is 77.3 Å². The Morgan fingerprint density at radius 1 is 0.840 bits per heavy atom. The highest BCUT2D eigenvalue weighted by Gasteiger charge is 2.27. The fourth-order valence-electron chi connectivity index (χ4n) is 5.72. The molecule has 0 amide bonds. The lowest BCUT2D eigenvalue weighted by Gasteiger charge is -2.22. The van der Waals surface area contributed by atoms with Gasteiger partial charge in [-0.15, -0.1) is 6.42 Å². The van der Waals surface area contributed by atoms with Crippen molar-refractivity contribution in [3.05, 3.63) is 60.0 Å². The molecule has 1 aliphatic heterocycles. The number of terminal acetylenes is 1. The van der Waals surface area contributed by atoms with Crippen LogP contribution in [0, 0.1) is 12.3 Å². The molecule has 0 saturated heterocycles. The predicted molar refractivity (Wildman–Crippen MR) is 194 cm³/mol. The molecule has 12 nitrogen and oxygen atoms in total.